The van der Waals surface area contributed by atoms with Crippen molar-refractivity contribution in [3.05, 3.63) is 87.0 Å². The fourth-order valence-corrected chi connectivity index (χ4v) is 5.32. The monoisotopic (exact) mass is 548 g/mol. The fraction of sp³-hybridized carbons (Fsp3) is 0.259. The van der Waals surface area contributed by atoms with Gasteiger partial charge in [-0.15, -0.1) is 0 Å². The SMILES string of the molecule is CN1CCN(CCc2ccc(Nc3ncc4c(=O)n(-c5c(Cl)cccc5Cl)c5nccn5c4n3)cc2)CC1. The first-order valence-electron chi connectivity index (χ1n) is 12.4. The van der Waals surface area contributed by atoms with Crippen molar-refractivity contribution in [2.75, 3.05) is 45.1 Å². The molecule has 0 amide bonds. The van der Waals surface area contributed by atoms with Crippen molar-refractivity contribution in [3.63, 3.8) is 0 Å². The molecule has 1 fully saturated rings. The summed E-state index contributed by atoms with van der Waals surface area (Å²) in [7, 11) is 2.17. The molecule has 1 aliphatic heterocycles. The summed E-state index contributed by atoms with van der Waals surface area (Å²) in [5, 5.41) is 4.25. The van der Waals surface area contributed by atoms with Crippen LogP contribution < -0.4 is 10.9 Å². The zero-order valence-corrected chi connectivity index (χ0v) is 22.3. The highest BCUT2D eigenvalue weighted by Crippen LogP contribution is 2.29. The first-order chi connectivity index (χ1) is 18.5. The van der Waals surface area contributed by atoms with E-state index in [1.54, 1.807) is 35.0 Å². The van der Waals surface area contributed by atoms with Crippen molar-refractivity contribution in [1.82, 2.24) is 33.7 Å². The van der Waals surface area contributed by atoms with Crippen LogP contribution in [0.15, 0.2) is 65.8 Å². The van der Waals surface area contributed by atoms with Crippen LogP contribution in [0.2, 0.25) is 10.0 Å². The molecule has 6 rings (SSSR count). The lowest BCUT2D eigenvalue weighted by Gasteiger charge is -2.32. The van der Waals surface area contributed by atoms with Gasteiger partial charge in [0, 0.05) is 57.0 Å². The van der Waals surface area contributed by atoms with Gasteiger partial charge in [0.05, 0.1) is 15.7 Å². The molecule has 0 saturated carbocycles. The molecule has 2 aromatic carbocycles. The number of imidazole rings is 1. The van der Waals surface area contributed by atoms with Crippen LogP contribution >= 0.6 is 23.2 Å². The van der Waals surface area contributed by atoms with Gasteiger partial charge in [0.1, 0.15) is 5.39 Å². The smallest absolute Gasteiger partial charge is 0.270 e. The maximum absolute atomic E-state index is 13.5. The number of likely N-dealkylation sites (N-methyl/N-ethyl adjacent to an activating group) is 1. The molecular formula is C27H26Cl2N8O. The summed E-state index contributed by atoms with van der Waals surface area (Å²) in [5.41, 5.74) is 2.60. The van der Waals surface area contributed by atoms with Crippen molar-refractivity contribution in [2.45, 2.75) is 6.42 Å². The third-order valence-corrected chi connectivity index (χ3v) is 7.55. The van der Waals surface area contributed by atoms with E-state index in [-0.39, 0.29) is 5.56 Å². The minimum atomic E-state index is -0.357. The number of benzene rings is 2. The Morgan fingerprint density at radius 1 is 0.974 bits per heavy atom. The van der Waals surface area contributed by atoms with Gasteiger partial charge in [-0.1, -0.05) is 41.4 Å². The van der Waals surface area contributed by atoms with E-state index in [9.17, 15) is 4.79 Å². The number of hydrogen-bond acceptors (Lipinski definition) is 7. The van der Waals surface area contributed by atoms with Gasteiger partial charge in [0.2, 0.25) is 11.7 Å². The number of hydrogen-bond donors (Lipinski definition) is 1. The summed E-state index contributed by atoms with van der Waals surface area (Å²) < 4.78 is 3.12. The van der Waals surface area contributed by atoms with Gasteiger partial charge >= 0.3 is 0 Å². The topological polar surface area (TPSA) is 83.6 Å². The molecule has 9 nitrogen and oxygen atoms in total. The van der Waals surface area contributed by atoms with Crippen LogP contribution in [0, 0.1) is 0 Å². The van der Waals surface area contributed by atoms with Gasteiger partial charge in [0.15, 0.2) is 5.65 Å². The number of halogens is 2. The van der Waals surface area contributed by atoms with E-state index in [0.717, 1.165) is 44.8 Å². The lowest BCUT2D eigenvalue weighted by atomic mass is 10.1. The van der Waals surface area contributed by atoms with Gasteiger partial charge in [-0.05, 0) is 43.3 Å². The maximum atomic E-state index is 13.5. The van der Waals surface area contributed by atoms with Crippen LogP contribution in [0.5, 0.6) is 0 Å². The minimum absolute atomic E-state index is 0.316. The van der Waals surface area contributed by atoms with E-state index in [2.05, 4.69) is 49.2 Å². The van der Waals surface area contributed by atoms with Crippen LogP contribution in [0.25, 0.3) is 22.5 Å². The van der Waals surface area contributed by atoms with E-state index in [0.29, 0.717) is 38.5 Å². The summed E-state index contributed by atoms with van der Waals surface area (Å²) >= 11 is 12.8. The minimum Gasteiger partial charge on any atom is -0.324 e. The molecule has 194 valence electrons. The second-order valence-electron chi connectivity index (χ2n) is 9.46. The Morgan fingerprint density at radius 2 is 1.71 bits per heavy atom. The maximum Gasteiger partial charge on any atom is 0.270 e. The predicted octanol–water partition coefficient (Wildman–Crippen LogP) is 4.27. The Balaban J connectivity index is 1.26. The van der Waals surface area contributed by atoms with Gasteiger partial charge in [0.25, 0.3) is 5.56 Å². The average Bonchev–Trinajstić information content (AvgIpc) is 3.41. The Kier molecular flexibility index (Phi) is 6.75. The summed E-state index contributed by atoms with van der Waals surface area (Å²) in [6, 6.07) is 13.4. The molecule has 4 heterocycles. The fourth-order valence-electron chi connectivity index (χ4n) is 4.75. The lowest BCUT2D eigenvalue weighted by Crippen LogP contribution is -2.45. The molecule has 0 bridgehead atoms. The number of para-hydroxylation sites is 1. The van der Waals surface area contributed by atoms with E-state index in [1.165, 1.54) is 16.3 Å². The zero-order chi connectivity index (χ0) is 26.2. The number of anilines is 2. The van der Waals surface area contributed by atoms with Crippen molar-refractivity contribution < 1.29 is 0 Å². The second kappa shape index (κ2) is 10.3. The molecule has 1 N–H and O–H groups in total. The molecule has 5 aromatic rings. The van der Waals surface area contributed by atoms with E-state index < -0.39 is 0 Å². The van der Waals surface area contributed by atoms with Gasteiger partial charge in [-0.25, -0.2) is 14.5 Å². The van der Waals surface area contributed by atoms with Crippen LogP contribution in [0.3, 0.4) is 0 Å². The summed E-state index contributed by atoms with van der Waals surface area (Å²) in [6.07, 6.45) is 5.87. The Labute approximate surface area is 229 Å². The third kappa shape index (κ3) is 4.74. The molecule has 0 atom stereocenters. The van der Waals surface area contributed by atoms with Crippen molar-refractivity contribution in [3.8, 4) is 5.69 Å². The molecule has 3 aromatic heterocycles. The van der Waals surface area contributed by atoms with Crippen LogP contribution in [0.4, 0.5) is 11.6 Å². The Bertz CT molecular complexity index is 1650. The molecule has 0 radical (unpaired) electrons. The molecule has 0 aliphatic carbocycles. The predicted molar refractivity (Wildman–Crippen MR) is 151 cm³/mol. The van der Waals surface area contributed by atoms with Crippen LogP contribution in [0.1, 0.15) is 5.56 Å². The van der Waals surface area contributed by atoms with Crippen molar-refractivity contribution in [2.24, 2.45) is 0 Å². The number of piperazine rings is 1. The quantitative estimate of drug-likeness (QED) is 0.339. The number of aromatic nitrogens is 5. The van der Waals surface area contributed by atoms with Crippen LogP contribution in [-0.2, 0) is 6.42 Å². The highest BCUT2D eigenvalue weighted by atomic mass is 35.5. The third-order valence-electron chi connectivity index (χ3n) is 6.94. The molecular weight excluding hydrogens is 523 g/mol. The Morgan fingerprint density at radius 3 is 2.45 bits per heavy atom. The number of rotatable bonds is 6. The van der Waals surface area contributed by atoms with Crippen molar-refractivity contribution >= 4 is 51.6 Å². The number of fused-ring (bicyclic) bond motifs is 3. The average molecular weight is 549 g/mol. The van der Waals surface area contributed by atoms with E-state index >= 15 is 0 Å². The van der Waals surface area contributed by atoms with Gasteiger partial charge < -0.3 is 15.1 Å². The molecule has 11 heteroatoms. The Hall–Kier alpha value is -3.50. The summed E-state index contributed by atoms with van der Waals surface area (Å²) in [6.45, 7) is 5.56. The summed E-state index contributed by atoms with van der Waals surface area (Å²) in [4.78, 5) is 31.9. The lowest BCUT2D eigenvalue weighted by molar-refractivity contribution is 0.155. The largest absolute Gasteiger partial charge is 0.324 e. The molecule has 0 spiro atoms. The number of nitrogens with zero attached hydrogens (tertiary/aromatic N) is 7. The molecule has 1 saturated heterocycles. The first kappa shape index (κ1) is 24.8. The highest BCUT2D eigenvalue weighted by molar-refractivity contribution is 6.37. The van der Waals surface area contributed by atoms with Crippen LogP contribution in [-0.4, -0.2) is 73.5 Å². The molecule has 38 heavy (non-hydrogen) atoms. The normalized spacial score (nSPS) is 14.9. The number of nitrogens with one attached hydrogen (secondary N) is 1. The first-order valence-corrected chi connectivity index (χ1v) is 13.2. The van der Waals surface area contributed by atoms with E-state index in [4.69, 9.17) is 23.2 Å². The van der Waals surface area contributed by atoms with Gasteiger partial charge in [-0.3, -0.25) is 9.20 Å². The van der Waals surface area contributed by atoms with E-state index in [1.807, 2.05) is 12.1 Å². The summed E-state index contributed by atoms with van der Waals surface area (Å²) in [5.74, 6) is 0.734. The van der Waals surface area contributed by atoms with Gasteiger partial charge in [-0.2, -0.15) is 4.98 Å². The highest BCUT2D eigenvalue weighted by Gasteiger charge is 2.19. The molecule has 0 unspecified atom stereocenters. The zero-order valence-electron chi connectivity index (χ0n) is 20.8. The standard InChI is InChI=1S/C27H26Cl2N8O/c1-34-13-15-35(16-14-34)11-9-18-5-7-19(8-6-18)32-26-31-17-20-24(33-26)36-12-10-30-27(36)37(25(20)38)23-21(28)3-2-4-22(23)29/h2-8,10,12,17H,9,11,13-16H2,1H3,(H,31,32,33). The second-order valence-corrected chi connectivity index (χ2v) is 10.3. The molecule has 1 aliphatic rings. The van der Waals surface area contributed by atoms with Crippen molar-refractivity contribution in [1.29, 1.82) is 0 Å².